The average molecular weight is 284 g/mol. The third-order valence-electron chi connectivity index (χ3n) is 3.39. The molecule has 1 heterocycles. The first kappa shape index (κ1) is 13.3. The van der Waals surface area contributed by atoms with Crippen LogP contribution >= 0.6 is 0 Å². The average Bonchev–Trinajstić information content (AvgIpc) is 2.76. The fourth-order valence-corrected chi connectivity index (χ4v) is 2.36. The van der Waals surface area contributed by atoms with Crippen LogP contribution in [0.5, 0.6) is 0 Å². The molecule has 0 radical (unpaired) electrons. The van der Waals surface area contributed by atoms with Crippen molar-refractivity contribution in [3.63, 3.8) is 0 Å². The maximum absolute atomic E-state index is 13.2. The summed E-state index contributed by atoms with van der Waals surface area (Å²) in [7, 11) is 0. The monoisotopic (exact) mass is 284 g/mol. The van der Waals surface area contributed by atoms with Crippen molar-refractivity contribution in [3.8, 4) is 0 Å². The van der Waals surface area contributed by atoms with Gasteiger partial charge in [0, 0.05) is 0 Å². The van der Waals surface area contributed by atoms with Gasteiger partial charge in [-0.15, -0.1) is 0 Å². The Kier molecular flexibility index (Phi) is 3.39. The highest BCUT2D eigenvalue weighted by Gasteiger charge is 2.38. The SMILES string of the molecule is O=C1NC(c2ccccc2)C(=O)N1Cc1cccc(F)c1. The molecule has 2 aromatic carbocycles. The van der Waals surface area contributed by atoms with Gasteiger partial charge in [0.2, 0.25) is 0 Å². The summed E-state index contributed by atoms with van der Waals surface area (Å²) in [6, 6.07) is 13.8. The van der Waals surface area contributed by atoms with Crippen molar-refractivity contribution in [2.75, 3.05) is 0 Å². The highest BCUT2D eigenvalue weighted by molar-refractivity contribution is 6.04. The van der Waals surface area contributed by atoms with Gasteiger partial charge in [-0.25, -0.2) is 9.18 Å². The molecule has 2 aromatic rings. The Labute approximate surface area is 121 Å². The molecule has 1 saturated heterocycles. The quantitative estimate of drug-likeness (QED) is 0.881. The number of imide groups is 1. The first-order chi connectivity index (χ1) is 10.1. The first-order valence-electron chi connectivity index (χ1n) is 6.56. The molecule has 21 heavy (non-hydrogen) atoms. The summed E-state index contributed by atoms with van der Waals surface area (Å²) < 4.78 is 13.2. The van der Waals surface area contributed by atoms with E-state index in [0.717, 1.165) is 10.5 Å². The van der Waals surface area contributed by atoms with Crippen LogP contribution in [0.3, 0.4) is 0 Å². The first-order valence-corrected chi connectivity index (χ1v) is 6.56. The molecule has 1 aliphatic rings. The molecule has 3 amide bonds. The van der Waals surface area contributed by atoms with Crippen LogP contribution in [-0.2, 0) is 11.3 Å². The van der Waals surface area contributed by atoms with Crippen LogP contribution in [-0.4, -0.2) is 16.8 Å². The van der Waals surface area contributed by atoms with Gasteiger partial charge in [0.15, 0.2) is 0 Å². The molecule has 1 unspecified atom stereocenters. The number of benzene rings is 2. The molecular weight excluding hydrogens is 271 g/mol. The Morgan fingerprint density at radius 3 is 2.52 bits per heavy atom. The minimum Gasteiger partial charge on any atom is -0.322 e. The van der Waals surface area contributed by atoms with Gasteiger partial charge in [-0.05, 0) is 23.3 Å². The molecule has 0 spiro atoms. The number of hydrogen-bond acceptors (Lipinski definition) is 2. The van der Waals surface area contributed by atoms with E-state index in [1.807, 2.05) is 18.2 Å². The van der Waals surface area contributed by atoms with Gasteiger partial charge in [-0.1, -0.05) is 42.5 Å². The lowest BCUT2D eigenvalue weighted by Gasteiger charge is -2.13. The van der Waals surface area contributed by atoms with Crippen molar-refractivity contribution in [2.24, 2.45) is 0 Å². The Morgan fingerprint density at radius 2 is 1.81 bits per heavy atom. The van der Waals surface area contributed by atoms with E-state index in [1.54, 1.807) is 24.3 Å². The minimum atomic E-state index is -0.674. The lowest BCUT2D eigenvalue weighted by molar-refractivity contribution is -0.128. The maximum Gasteiger partial charge on any atom is 0.325 e. The summed E-state index contributed by atoms with van der Waals surface area (Å²) in [6.45, 7) is 0.0613. The van der Waals surface area contributed by atoms with Crippen molar-refractivity contribution >= 4 is 11.9 Å². The number of amides is 3. The number of hydrogen-bond donors (Lipinski definition) is 1. The van der Waals surface area contributed by atoms with Crippen molar-refractivity contribution in [1.82, 2.24) is 10.2 Å². The second kappa shape index (κ2) is 5.36. The van der Waals surface area contributed by atoms with Crippen LogP contribution in [0.25, 0.3) is 0 Å². The zero-order valence-electron chi connectivity index (χ0n) is 11.1. The van der Waals surface area contributed by atoms with E-state index in [2.05, 4.69) is 5.32 Å². The molecule has 1 aliphatic heterocycles. The predicted molar refractivity (Wildman–Crippen MR) is 74.7 cm³/mol. The second-order valence-electron chi connectivity index (χ2n) is 4.85. The number of nitrogens with one attached hydrogen (secondary N) is 1. The molecule has 4 nitrogen and oxygen atoms in total. The van der Waals surface area contributed by atoms with Gasteiger partial charge >= 0.3 is 6.03 Å². The van der Waals surface area contributed by atoms with Crippen LogP contribution in [0.2, 0.25) is 0 Å². The Hall–Kier alpha value is -2.69. The van der Waals surface area contributed by atoms with Crippen LogP contribution in [0, 0.1) is 5.82 Å². The lowest BCUT2D eigenvalue weighted by atomic mass is 10.1. The summed E-state index contributed by atoms with van der Waals surface area (Å²) in [5.41, 5.74) is 1.31. The number of nitrogens with zero attached hydrogens (tertiary/aromatic N) is 1. The van der Waals surface area contributed by atoms with Gasteiger partial charge in [-0.2, -0.15) is 0 Å². The summed E-state index contributed by atoms with van der Waals surface area (Å²) in [6.07, 6.45) is 0. The third-order valence-corrected chi connectivity index (χ3v) is 3.39. The van der Waals surface area contributed by atoms with Gasteiger partial charge in [0.05, 0.1) is 6.54 Å². The van der Waals surface area contributed by atoms with Crippen molar-refractivity contribution in [1.29, 1.82) is 0 Å². The zero-order chi connectivity index (χ0) is 14.8. The van der Waals surface area contributed by atoms with Crippen molar-refractivity contribution in [3.05, 3.63) is 71.5 Å². The number of halogens is 1. The zero-order valence-corrected chi connectivity index (χ0v) is 11.1. The Bertz CT molecular complexity index is 688. The van der Waals surface area contributed by atoms with E-state index in [0.29, 0.717) is 5.56 Å². The van der Waals surface area contributed by atoms with Gasteiger partial charge in [-0.3, -0.25) is 9.69 Å². The molecule has 1 fully saturated rings. The maximum atomic E-state index is 13.2. The summed E-state index contributed by atoms with van der Waals surface area (Å²) in [5.74, 6) is -0.713. The molecule has 0 aromatic heterocycles. The van der Waals surface area contributed by atoms with E-state index in [1.165, 1.54) is 12.1 Å². The van der Waals surface area contributed by atoms with Crippen LogP contribution in [0.1, 0.15) is 17.2 Å². The summed E-state index contributed by atoms with van der Waals surface area (Å²) in [4.78, 5) is 25.4. The van der Waals surface area contributed by atoms with Crippen LogP contribution < -0.4 is 5.32 Å². The molecule has 0 bridgehead atoms. The molecule has 1 atom stereocenters. The van der Waals surface area contributed by atoms with E-state index in [-0.39, 0.29) is 18.3 Å². The topological polar surface area (TPSA) is 49.4 Å². The van der Waals surface area contributed by atoms with Gasteiger partial charge in [0.25, 0.3) is 5.91 Å². The second-order valence-corrected chi connectivity index (χ2v) is 4.85. The fourth-order valence-electron chi connectivity index (χ4n) is 2.36. The normalized spacial score (nSPS) is 18.0. The van der Waals surface area contributed by atoms with Crippen molar-refractivity contribution in [2.45, 2.75) is 12.6 Å². The van der Waals surface area contributed by atoms with Gasteiger partial charge in [0.1, 0.15) is 11.9 Å². The Balaban J connectivity index is 1.81. The molecule has 3 rings (SSSR count). The predicted octanol–water partition coefficient (Wildman–Crippen LogP) is 2.62. The number of urea groups is 1. The molecular formula is C16H13FN2O2. The standard InChI is InChI=1S/C16H13FN2O2/c17-13-8-4-5-11(9-13)10-19-15(20)14(18-16(19)21)12-6-2-1-3-7-12/h1-9,14H,10H2,(H,18,21). The van der Waals surface area contributed by atoms with E-state index in [4.69, 9.17) is 0 Å². The number of carbonyl (C=O) groups is 2. The van der Waals surface area contributed by atoms with E-state index in [9.17, 15) is 14.0 Å². The molecule has 0 saturated carbocycles. The Morgan fingerprint density at radius 1 is 1.05 bits per heavy atom. The van der Waals surface area contributed by atoms with Crippen LogP contribution in [0.4, 0.5) is 9.18 Å². The van der Waals surface area contributed by atoms with Crippen LogP contribution in [0.15, 0.2) is 54.6 Å². The van der Waals surface area contributed by atoms with E-state index >= 15 is 0 Å². The smallest absolute Gasteiger partial charge is 0.322 e. The largest absolute Gasteiger partial charge is 0.325 e. The fraction of sp³-hybridized carbons (Fsp3) is 0.125. The number of rotatable bonds is 3. The third kappa shape index (κ3) is 2.63. The molecule has 0 aliphatic carbocycles. The van der Waals surface area contributed by atoms with E-state index < -0.39 is 12.1 Å². The molecule has 106 valence electrons. The molecule has 1 N–H and O–H groups in total. The highest BCUT2D eigenvalue weighted by atomic mass is 19.1. The lowest BCUT2D eigenvalue weighted by Crippen LogP contribution is -2.30. The van der Waals surface area contributed by atoms with Gasteiger partial charge < -0.3 is 5.32 Å². The summed E-state index contributed by atoms with van der Waals surface area (Å²) in [5, 5.41) is 2.65. The minimum absolute atomic E-state index is 0.0613. The number of carbonyl (C=O) groups excluding carboxylic acids is 2. The highest BCUT2D eigenvalue weighted by Crippen LogP contribution is 2.23. The van der Waals surface area contributed by atoms with Crippen molar-refractivity contribution < 1.29 is 14.0 Å². The summed E-state index contributed by atoms with van der Waals surface area (Å²) >= 11 is 0. The molecule has 5 heteroatoms.